The number of nitrogens with zero attached hydrogens (tertiary/aromatic N) is 4. The molecule has 1 heterocycles. The number of aromatic nitrogens is 4. The first-order chi connectivity index (χ1) is 7.15. The van der Waals surface area contributed by atoms with Crippen molar-refractivity contribution in [2.24, 2.45) is 0 Å². The minimum atomic E-state index is 0.582. The highest BCUT2D eigenvalue weighted by Crippen LogP contribution is 2.21. The first kappa shape index (κ1) is 10.6. The second kappa shape index (κ2) is 4.28. The maximum Gasteiger partial charge on any atom is 0.171 e. The third-order valence-corrected chi connectivity index (χ3v) is 2.85. The van der Waals surface area contributed by atoms with Gasteiger partial charge in [-0.25, -0.2) is 0 Å². The molecule has 0 unspecified atom stereocenters. The smallest absolute Gasteiger partial charge is 0.160 e. The normalized spacial score (nSPS) is 10.6. The zero-order valence-corrected chi connectivity index (χ0v) is 10.3. The number of aryl methyl sites for hydroxylation is 1. The molecule has 1 aromatic carbocycles. The monoisotopic (exact) mass is 286 g/mol. The number of tetrazole rings is 1. The molecule has 2 rings (SSSR count). The molecule has 0 fully saturated rings. The SMILES string of the molecule is Cc1nnn(Cc2ccc(Cl)cc2Br)n1. The maximum atomic E-state index is 5.84. The van der Waals surface area contributed by atoms with Crippen LogP contribution in [0.15, 0.2) is 22.7 Å². The van der Waals surface area contributed by atoms with E-state index in [1.54, 1.807) is 11.7 Å². The molecule has 0 N–H and O–H groups in total. The van der Waals surface area contributed by atoms with Crippen LogP contribution in [0.2, 0.25) is 5.02 Å². The van der Waals surface area contributed by atoms with Crippen molar-refractivity contribution >= 4 is 27.5 Å². The van der Waals surface area contributed by atoms with Gasteiger partial charge >= 0.3 is 0 Å². The van der Waals surface area contributed by atoms with E-state index in [1.165, 1.54) is 0 Å². The first-order valence-corrected chi connectivity index (χ1v) is 5.50. The Balaban J connectivity index is 2.24. The van der Waals surface area contributed by atoms with Crippen LogP contribution < -0.4 is 0 Å². The highest BCUT2D eigenvalue weighted by molar-refractivity contribution is 9.10. The number of benzene rings is 1. The zero-order valence-electron chi connectivity index (χ0n) is 7.98. The summed E-state index contributed by atoms with van der Waals surface area (Å²) in [4.78, 5) is 1.54. The van der Waals surface area contributed by atoms with E-state index in [4.69, 9.17) is 11.6 Å². The molecule has 0 amide bonds. The molecule has 0 aliphatic rings. The van der Waals surface area contributed by atoms with Crippen LogP contribution in [0, 0.1) is 6.92 Å². The summed E-state index contributed by atoms with van der Waals surface area (Å²) in [5.74, 6) is 0.667. The number of halogens is 2. The fourth-order valence-corrected chi connectivity index (χ4v) is 2.00. The first-order valence-electron chi connectivity index (χ1n) is 4.33. The van der Waals surface area contributed by atoms with Gasteiger partial charge in [-0.05, 0) is 29.8 Å². The number of hydrogen-bond acceptors (Lipinski definition) is 3. The van der Waals surface area contributed by atoms with Gasteiger partial charge in [0.15, 0.2) is 5.82 Å². The Morgan fingerprint density at radius 3 is 2.87 bits per heavy atom. The predicted octanol–water partition coefficient (Wildman–Crippen LogP) is 2.45. The quantitative estimate of drug-likeness (QED) is 0.852. The van der Waals surface area contributed by atoms with Crippen molar-refractivity contribution in [3.05, 3.63) is 39.1 Å². The van der Waals surface area contributed by atoms with Gasteiger partial charge in [0.05, 0.1) is 6.54 Å². The van der Waals surface area contributed by atoms with E-state index < -0.39 is 0 Å². The Kier molecular flexibility index (Phi) is 3.02. The van der Waals surface area contributed by atoms with Crippen LogP contribution in [0.3, 0.4) is 0 Å². The molecule has 0 aliphatic carbocycles. The molecule has 78 valence electrons. The van der Waals surface area contributed by atoms with Crippen molar-refractivity contribution in [3.8, 4) is 0 Å². The van der Waals surface area contributed by atoms with Gasteiger partial charge in [0.1, 0.15) is 0 Å². The van der Waals surface area contributed by atoms with E-state index in [0.29, 0.717) is 17.4 Å². The van der Waals surface area contributed by atoms with Crippen LogP contribution in [-0.4, -0.2) is 20.2 Å². The Bertz CT molecular complexity index is 483. The van der Waals surface area contributed by atoms with Gasteiger partial charge in [-0.3, -0.25) is 0 Å². The van der Waals surface area contributed by atoms with Crippen LogP contribution in [-0.2, 0) is 6.54 Å². The van der Waals surface area contributed by atoms with Gasteiger partial charge in [-0.1, -0.05) is 33.6 Å². The summed E-state index contributed by atoms with van der Waals surface area (Å²) < 4.78 is 0.949. The standard InChI is InChI=1S/C9H8BrClN4/c1-6-12-14-15(13-6)5-7-2-3-8(11)4-9(7)10/h2-4H,5H2,1H3. The van der Waals surface area contributed by atoms with E-state index in [1.807, 2.05) is 18.2 Å². The predicted molar refractivity (Wildman–Crippen MR) is 60.8 cm³/mol. The highest BCUT2D eigenvalue weighted by Gasteiger charge is 2.04. The Morgan fingerprint density at radius 2 is 2.27 bits per heavy atom. The van der Waals surface area contributed by atoms with E-state index in [-0.39, 0.29) is 0 Å². The lowest BCUT2D eigenvalue weighted by atomic mass is 10.2. The molecule has 4 nitrogen and oxygen atoms in total. The molecule has 0 radical (unpaired) electrons. The topological polar surface area (TPSA) is 43.6 Å². The maximum absolute atomic E-state index is 5.84. The molecule has 0 aliphatic heterocycles. The highest BCUT2D eigenvalue weighted by atomic mass is 79.9. The molecule has 2 aromatic rings. The Labute approximate surface area is 100 Å². The van der Waals surface area contributed by atoms with Gasteiger partial charge < -0.3 is 0 Å². The molecule has 0 bridgehead atoms. The van der Waals surface area contributed by atoms with Gasteiger partial charge in [-0.2, -0.15) is 4.80 Å². The van der Waals surface area contributed by atoms with Crippen molar-refractivity contribution in [1.29, 1.82) is 0 Å². The van der Waals surface area contributed by atoms with E-state index in [0.717, 1.165) is 10.0 Å². The fraction of sp³-hybridized carbons (Fsp3) is 0.222. The van der Waals surface area contributed by atoms with E-state index >= 15 is 0 Å². The Hall–Kier alpha value is -0.940. The summed E-state index contributed by atoms with van der Waals surface area (Å²) in [6, 6.07) is 5.62. The molecule has 0 saturated heterocycles. The second-order valence-electron chi connectivity index (χ2n) is 3.10. The van der Waals surface area contributed by atoms with Gasteiger partial charge in [0.25, 0.3) is 0 Å². The van der Waals surface area contributed by atoms with Crippen molar-refractivity contribution in [2.45, 2.75) is 13.5 Å². The molecule has 6 heteroatoms. The van der Waals surface area contributed by atoms with Gasteiger partial charge in [0, 0.05) is 9.50 Å². The van der Waals surface area contributed by atoms with Crippen molar-refractivity contribution in [2.75, 3.05) is 0 Å². The summed E-state index contributed by atoms with van der Waals surface area (Å²) in [5, 5.41) is 12.5. The van der Waals surface area contributed by atoms with E-state index in [9.17, 15) is 0 Å². The molecule has 0 saturated carbocycles. The summed E-state index contributed by atoms with van der Waals surface area (Å²) >= 11 is 9.28. The number of hydrogen-bond donors (Lipinski definition) is 0. The summed E-state index contributed by atoms with van der Waals surface area (Å²) in [6.45, 7) is 2.39. The van der Waals surface area contributed by atoms with Gasteiger partial charge in [0.2, 0.25) is 0 Å². The van der Waals surface area contributed by atoms with Crippen LogP contribution in [0.5, 0.6) is 0 Å². The lowest BCUT2D eigenvalue weighted by Crippen LogP contribution is -2.04. The molecular weight excluding hydrogens is 279 g/mol. The second-order valence-corrected chi connectivity index (χ2v) is 4.39. The molecular formula is C9H8BrClN4. The van der Waals surface area contributed by atoms with Gasteiger partial charge in [-0.15, -0.1) is 10.2 Å². The largest absolute Gasteiger partial charge is 0.171 e. The molecule has 15 heavy (non-hydrogen) atoms. The van der Waals surface area contributed by atoms with Crippen molar-refractivity contribution in [1.82, 2.24) is 20.2 Å². The number of rotatable bonds is 2. The summed E-state index contributed by atoms with van der Waals surface area (Å²) in [5.41, 5.74) is 1.07. The lowest BCUT2D eigenvalue weighted by Gasteiger charge is -2.03. The van der Waals surface area contributed by atoms with Crippen molar-refractivity contribution in [3.63, 3.8) is 0 Å². The average Bonchev–Trinajstić information content (AvgIpc) is 2.56. The summed E-state index contributed by atoms with van der Waals surface area (Å²) in [7, 11) is 0. The van der Waals surface area contributed by atoms with E-state index in [2.05, 4.69) is 31.3 Å². The Morgan fingerprint density at radius 1 is 1.47 bits per heavy atom. The molecule has 1 aromatic heterocycles. The lowest BCUT2D eigenvalue weighted by molar-refractivity contribution is 0.570. The summed E-state index contributed by atoms with van der Waals surface area (Å²) in [6.07, 6.45) is 0. The minimum absolute atomic E-state index is 0.582. The zero-order chi connectivity index (χ0) is 10.8. The fourth-order valence-electron chi connectivity index (χ4n) is 1.19. The van der Waals surface area contributed by atoms with Crippen LogP contribution in [0.25, 0.3) is 0 Å². The molecule has 0 atom stereocenters. The average molecular weight is 288 g/mol. The third kappa shape index (κ3) is 2.54. The van der Waals surface area contributed by atoms with Crippen LogP contribution in [0.4, 0.5) is 0 Å². The van der Waals surface area contributed by atoms with Crippen molar-refractivity contribution < 1.29 is 0 Å². The third-order valence-electron chi connectivity index (χ3n) is 1.88. The molecule has 0 spiro atoms. The van der Waals surface area contributed by atoms with Crippen LogP contribution >= 0.6 is 27.5 Å². The van der Waals surface area contributed by atoms with Crippen LogP contribution in [0.1, 0.15) is 11.4 Å². The minimum Gasteiger partial charge on any atom is -0.160 e.